The lowest BCUT2D eigenvalue weighted by Crippen LogP contribution is -3.06. The van der Waals surface area contributed by atoms with Gasteiger partial charge in [-0.15, -0.1) is 11.3 Å². The third-order valence-electron chi connectivity index (χ3n) is 3.09. The minimum absolute atomic E-state index is 0.197. The molecule has 1 heterocycles. The van der Waals surface area contributed by atoms with Crippen LogP contribution in [-0.4, -0.2) is 32.0 Å². The molecule has 1 atom stereocenters. The van der Waals surface area contributed by atoms with Gasteiger partial charge in [0.1, 0.15) is 11.8 Å². The Morgan fingerprint density at radius 3 is 2.85 bits per heavy atom. The lowest BCUT2D eigenvalue weighted by molar-refractivity contribution is -0.890. The zero-order valence-corrected chi connectivity index (χ0v) is 13.1. The van der Waals surface area contributed by atoms with Gasteiger partial charge in [0.2, 0.25) is 0 Å². The maximum Gasteiger partial charge on any atom is 0.142 e. The Labute approximate surface area is 128 Å². The number of aromatic hydroxyl groups is 1. The van der Waals surface area contributed by atoms with E-state index in [0.717, 1.165) is 0 Å². The van der Waals surface area contributed by atoms with Crippen LogP contribution in [0.1, 0.15) is 16.5 Å². The highest BCUT2D eigenvalue weighted by atomic mass is 35.5. The number of hydrogen-bond acceptors (Lipinski definition) is 3. The van der Waals surface area contributed by atoms with Gasteiger partial charge in [0.15, 0.2) is 0 Å². The molecule has 0 aliphatic rings. The monoisotopic (exact) mass is 309 g/mol. The summed E-state index contributed by atoms with van der Waals surface area (Å²) in [6.07, 6.45) is 1.69. The Hall–Kier alpha value is -1.36. The van der Waals surface area contributed by atoms with Gasteiger partial charge in [-0.05, 0) is 29.6 Å². The highest BCUT2D eigenvalue weighted by Gasteiger charge is 2.17. The SMILES string of the molecule is C[NH+](C)[C@H](CN=Cc1cc(Cl)ccc1O)c1cccs1. The van der Waals surface area contributed by atoms with Crippen LogP contribution in [0.2, 0.25) is 5.02 Å². The van der Waals surface area contributed by atoms with Crippen molar-refractivity contribution in [2.45, 2.75) is 6.04 Å². The molecule has 0 fully saturated rings. The molecular weight excluding hydrogens is 292 g/mol. The zero-order valence-electron chi connectivity index (χ0n) is 11.5. The quantitative estimate of drug-likeness (QED) is 0.818. The average Bonchev–Trinajstić information content (AvgIpc) is 2.91. The van der Waals surface area contributed by atoms with Crippen molar-refractivity contribution in [3.63, 3.8) is 0 Å². The number of phenols is 1. The molecule has 5 heteroatoms. The second kappa shape index (κ2) is 6.88. The summed E-state index contributed by atoms with van der Waals surface area (Å²) in [6.45, 7) is 0.675. The molecule has 2 N–H and O–H groups in total. The number of benzene rings is 1. The maximum absolute atomic E-state index is 9.74. The van der Waals surface area contributed by atoms with Gasteiger partial charge in [-0.2, -0.15) is 0 Å². The van der Waals surface area contributed by atoms with E-state index in [-0.39, 0.29) is 5.75 Å². The van der Waals surface area contributed by atoms with Crippen LogP contribution in [-0.2, 0) is 0 Å². The predicted molar refractivity (Wildman–Crippen MR) is 85.4 cm³/mol. The second-order valence-corrected chi connectivity index (χ2v) is 6.26. The van der Waals surface area contributed by atoms with E-state index in [1.54, 1.807) is 35.8 Å². The molecular formula is C15H18ClN2OS+. The number of likely N-dealkylation sites (N-methyl/N-ethyl adjacent to an activating group) is 1. The molecule has 20 heavy (non-hydrogen) atoms. The first-order valence-electron chi connectivity index (χ1n) is 6.39. The fraction of sp³-hybridized carbons (Fsp3) is 0.267. The van der Waals surface area contributed by atoms with Crippen molar-refractivity contribution in [1.82, 2.24) is 0 Å². The smallest absolute Gasteiger partial charge is 0.142 e. The molecule has 0 saturated heterocycles. The summed E-state index contributed by atoms with van der Waals surface area (Å²) in [5, 5.41) is 12.4. The highest BCUT2D eigenvalue weighted by Crippen LogP contribution is 2.20. The molecule has 1 aromatic heterocycles. The molecule has 0 saturated carbocycles. The average molecular weight is 310 g/mol. The Morgan fingerprint density at radius 2 is 2.20 bits per heavy atom. The molecule has 2 rings (SSSR count). The number of aliphatic imine (C=N–C) groups is 1. The molecule has 106 valence electrons. The van der Waals surface area contributed by atoms with Gasteiger partial charge in [-0.25, -0.2) is 0 Å². The number of hydrogen-bond donors (Lipinski definition) is 2. The van der Waals surface area contributed by atoms with E-state index >= 15 is 0 Å². The van der Waals surface area contributed by atoms with Crippen molar-refractivity contribution < 1.29 is 10.0 Å². The maximum atomic E-state index is 9.74. The van der Waals surface area contributed by atoms with Crippen molar-refractivity contribution in [1.29, 1.82) is 0 Å². The van der Waals surface area contributed by atoms with Gasteiger partial charge in [0.05, 0.1) is 25.5 Å². The zero-order chi connectivity index (χ0) is 14.5. The summed E-state index contributed by atoms with van der Waals surface area (Å²) in [7, 11) is 4.24. The molecule has 0 unspecified atom stereocenters. The first kappa shape index (κ1) is 15.0. The number of phenolic OH excluding ortho intramolecular Hbond substituents is 1. The topological polar surface area (TPSA) is 37.0 Å². The number of halogens is 1. The summed E-state index contributed by atoms with van der Waals surface area (Å²) in [6, 6.07) is 9.47. The first-order chi connectivity index (χ1) is 9.58. The minimum Gasteiger partial charge on any atom is -0.507 e. The molecule has 0 bridgehead atoms. The van der Waals surface area contributed by atoms with Crippen LogP contribution in [0.25, 0.3) is 0 Å². The normalized spacial score (nSPS) is 13.2. The van der Waals surface area contributed by atoms with Crippen molar-refractivity contribution >= 4 is 29.2 Å². The Kier molecular flexibility index (Phi) is 5.17. The Morgan fingerprint density at radius 1 is 1.40 bits per heavy atom. The van der Waals surface area contributed by atoms with Gasteiger partial charge < -0.3 is 10.0 Å². The highest BCUT2D eigenvalue weighted by molar-refractivity contribution is 7.10. The van der Waals surface area contributed by atoms with Crippen LogP contribution in [0.5, 0.6) is 5.75 Å². The second-order valence-electron chi connectivity index (χ2n) is 4.84. The van der Waals surface area contributed by atoms with Crippen molar-refractivity contribution in [3.05, 3.63) is 51.2 Å². The molecule has 0 aliphatic heterocycles. The van der Waals surface area contributed by atoms with Crippen LogP contribution < -0.4 is 4.90 Å². The summed E-state index contributed by atoms with van der Waals surface area (Å²) >= 11 is 7.66. The molecule has 0 radical (unpaired) electrons. The third kappa shape index (κ3) is 3.82. The Balaban J connectivity index is 2.09. The van der Waals surface area contributed by atoms with Gasteiger partial charge in [-0.3, -0.25) is 4.99 Å². The largest absolute Gasteiger partial charge is 0.507 e. The molecule has 0 amide bonds. The van der Waals surface area contributed by atoms with Crippen molar-refractivity contribution in [2.75, 3.05) is 20.6 Å². The number of thiophene rings is 1. The van der Waals surface area contributed by atoms with Crippen LogP contribution in [0.3, 0.4) is 0 Å². The van der Waals surface area contributed by atoms with Crippen molar-refractivity contribution in [2.24, 2.45) is 4.99 Å². The first-order valence-corrected chi connectivity index (χ1v) is 7.65. The molecule has 2 aromatic rings. The predicted octanol–water partition coefficient (Wildman–Crippen LogP) is 2.41. The van der Waals surface area contributed by atoms with E-state index in [1.807, 2.05) is 0 Å². The molecule has 0 aliphatic carbocycles. The van der Waals surface area contributed by atoms with E-state index in [2.05, 4.69) is 36.6 Å². The summed E-state index contributed by atoms with van der Waals surface area (Å²) in [5.41, 5.74) is 0.649. The lowest BCUT2D eigenvalue weighted by atomic mass is 10.2. The van der Waals surface area contributed by atoms with E-state index in [4.69, 9.17) is 11.6 Å². The summed E-state index contributed by atoms with van der Waals surface area (Å²) < 4.78 is 0. The summed E-state index contributed by atoms with van der Waals surface area (Å²) in [5.74, 6) is 0.197. The summed E-state index contributed by atoms with van der Waals surface area (Å²) in [4.78, 5) is 7.11. The fourth-order valence-electron chi connectivity index (χ4n) is 1.93. The molecule has 3 nitrogen and oxygen atoms in total. The molecule has 1 aromatic carbocycles. The van der Waals surface area contributed by atoms with Gasteiger partial charge in [0, 0.05) is 16.8 Å². The van der Waals surface area contributed by atoms with E-state index in [9.17, 15) is 5.11 Å². The molecule has 0 spiro atoms. The van der Waals surface area contributed by atoms with Crippen LogP contribution in [0.4, 0.5) is 0 Å². The van der Waals surface area contributed by atoms with Gasteiger partial charge >= 0.3 is 0 Å². The van der Waals surface area contributed by atoms with E-state index in [0.29, 0.717) is 23.2 Å². The third-order valence-corrected chi connectivity index (χ3v) is 4.31. The lowest BCUT2D eigenvalue weighted by Gasteiger charge is -2.18. The fourth-order valence-corrected chi connectivity index (χ4v) is 3.06. The van der Waals surface area contributed by atoms with E-state index in [1.165, 1.54) is 9.78 Å². The van der Waals surface area contributed by atoms with Crippen LogP contribution >= 0.6 is 22.9 Å². The number of nitrogens with one attached hydrogen (secondary N) is 1. The van der Waals surface area contributed by atoms with Gasteiger partial charge in [-0.1, -0.05) is 17.7 Å². The number of nitrogens with zero attached hydrogens (tertiary/aromatic N) is 1. The standard InChI is InChI=1S/C15H17ClN2OS/c1-18(2)13(15-4-3-7-20-15)10-17-9-11-8-12(16)5-6-14(11)19/h3-9,13,19H,10H2,1-2H3/p+1/t13-/m1/s1. The van der Waals surface area contributed by atoms with E-state index < -0.39 is 0 Å². The van der Waals surface area contributed by atoms with Gasteiger partial charge in [0.25, 0.3) is 0 Å². The number of quaternary nitrogens is 1. The van der Waals surface area contributed by atoms with Crippen LogP contribution in [0, 0.1) is 0 Å². The van der Waals surface area contributed by atoms with Crippen LogP contribution in [0.15, 0.2) is 40.7 Å². The Bertz CT molecular complexity index is 582. The van der Waals surface area contributed by atoms with Crippen molar-refractivity contribution in [3.8, 4) is 5.75 Å². The minimum atomic E-state index is 0.197. The number of rotatable bonds is 5.